The summed E-state index contributed by atoms with van der Waals surface area (Å²) in [5.74, 6) is 2.71. The second-order valence-corrected chi connectivity index (χ2v) is 5.70. The van der Waals surface area contributed by atoms with Crippen molar-refractivity contribution in [1.29, 1.82) is 0 Å². The molecule has 2 rings (SSSR count). The third-order valence-corrected chi connectivity index (χ3v) is 3.54. The first kappa shape index (κ1) is 14.5. The van der Waals surface area contributed by atoms with Crippen molar-refractivity contribution < 1.29 is 9.72 Å². The number of nitro groups is 1. The van der Waals surface area contributed by atoms with Gasteiger partial charge in [0.1, 0.15) is 0 Å². The van der Waals surface area contributed by atoms with Gasteiger partial charge in [0, 0.05) is 28.7 Å². The third kappa shape index (κ3) is 3.58. The van der Waals surface area contributed by atoms with Crippen LogP contribution in [0.5, 0.6) is 0 Å². The predicted octanol–water partition coefficient (Wildman–Crippen LogP) is 2.84. The van der Waals surface area contributed by atoms with Gasteiger partial charge in [-0.25, -0.2) is 0 Å². The average Bonchev–Trinajstić information content (AvgIpc) is 3.20. The van der Waals surface area contributed by atoms with Crippen molar-refractivity contribution in [2.24, 2.45) is 5.92 Å². The number of terminal acetylenes is 1. The number of benzene rings is 1. The monoisotopic (exact) mass is 336 g/mol. The maximum Gasteiger partial charge on any atom is 0.271 e. The zero-order valence-corrected chi connectivity index (χ0v) is 12.3. The summed E-state index contributed by atoms with van der Waals surface area (Å²) in [5, 5.41) is 10.8. The zero-order chi connectivity index (χ0) is 14.7. The predicted molar refractivity (Wildman–Crippen MR) is 78.3 cm³/mol. The summed E-state index contributed by atoms with van der Waals surface area (Å²) in [7, 11) is 0. The van der Waals surface area contributed by atoms with Gasteiger partial charge in [0.15, 0.2) is 0 Å². The number of nitrogens with zero attached hydrogens (tertiary/aromatic N) is 2. The minimum atomic E-state index is -0.520. The molecule has 0 aliphatic heterocycles. The molecule has 1 aliphatic rings. The molecular formula is C14H13BrN2O3. The van der Waals surface area contributed by atoms with Crippen molar-refractivity contribution in [1.82, 2.24) is 4.90 Å². The highest BCUT2D eigenvalue weighted by Crippen LogP contribution is 2.30. The first-order valence-corrected chi connectivity index (χ1v) is 6.98. The number of hydrogen-bond donors (Lipinski definition) is 0. The summed E-state index contributed by atoms with van der Waals surface area (Å²) in [6, 6.07) is 4.22. The van der Waals surface area contributed by atoms with Crippen LogP contribution in [-0.4, -0.2) is 28.8 Å². The van der Waals surface area contributed by atoms with Gasteiger partial charge in [-0.15, -0.1) is 6.42 Å². The number of halogens is 1. The van der Waals surface area contributed by atoms with Gasteiger partial charge in [-0.1, -0.05) is 21.9 Å². The highest BCUT2D eigenvalue weighted by molar-refractivity contribution is 9.10. The summed E-state index contributed by atoms with van der Waals surface area (Å²) in [5.41, 5.74) is 0.164. The SMILES string of the molecule is C#CCN(CC1CC1)C(=O)c1cc(Br)cc([N+](=O)[O-])c1. The molecule has 0 aromatic heterocycles. The lowest BCUT2D eigenvalue weighted by atomic mass is 10.1. The molecule has 0 atom stereocenters. The highest BCUT2D eigenvalue weighted by atomic mass is 79.9. The van der Waals surface area contributed by atoms with Crippen molar-refractivity contribution in [2.45, 2.75) is 12.8 Å². The summed E-state index contributed by atoms with van der Waals surface area (Å²) in [4.78, 5) is 24.3. The molecule has 1 fully saturated rings. The number of carbonyl (C=O) groups excluding carboxylic acids is 1. The van der Waals surface area contributed by atoms with E-state index in [-0.39, 0.29) is 23.7 Å². The molecular weight excluding hydrogens is 324 g/mol. The van der Waals surface area contributed by atoms with Gasteiger partial charge in [-0.05, 0) is 24.8 Å². The van der Waals surface area contributed by atoms with Crippen LogP contribution in [0.3, 0.4) is 0 Å². The number of amides is 1. The molecule has 0 heterocycles. The topological polar surface area (TPSA) is 63.5 Å². The van der Waals surface area contributed by atoms with E-state index in [9.17, 15) is 14.9 Å². The standard InChI is InChI=1S/C14H13BrN2O3/c1-2-5-16(9-10-3-4-10)14(18)11-6-12(15)8-13(7-11)17(19)20/h1,6-8,10H,3-5,9H2. The van der Waals surface area contributed by atoms with Gasteiger partial charge in [0.2, 0.25) is 0 Å². The second-order valence-electron chi connectivity index (χ2n) is 4.79. The van der Waals surface area contributed by atoms with E-state index in [2.05, 4.69) is 21.9 Å². The largest absolute Gasteiger partial charge is 0.327 e. The van der Waals surface area contributed by atoms with Gasteiger partial charge in [0.05, 0.1) is 11.5 Å². The van der Waals surface area contributed by atoms with Crippen LogP contribution in [-0.2, 0) is 0 Å². The number of non-ortho nitro benzene ring substituents is 1. The quantitative estimate of drug-likeness (QED) is 0.471. The van der Waals surface area contributed by atoms with E-state index in [0.717, 1.165) is 12.8 Å². The summed E-state index contributed by atoms with van der Waals surface area (Å²) in [6.07, 6.45) is 7.50. The smallest absolute Gasteiger partial charge is 0.271 e. The zero-order valence-electron chi connectivity index (χ0n) is 10.7. The van der Waals surface area contributed by atoms with Crippen LogP contribution < -0.4 is 0 Å². The fourth-order valence-electron chi connectivity index (χ4n) is 1.93. The van der Waals surface area contributed by atoms with E-state index in [1.165, 1.54) is 12.1 Å². The number of nitro benzene ring substituents is 1. The van der Waals surface area contributed by atoms with E-state index < -0.39 is 4.92 Å². The Hall–Kier alpha value is -1.87. The molecule has 1 aromatic carbocycles. The molecule has 5 nitrogen and oxygen atoms in total. The molecule has 6 heteroatoms. The van der Waals surface area contributed by atoms with E-state index in [1.807, 2.05) is 0 Å². The van der Waals surface area contributed by atoms with Gasteiger partial charge >= 0.3 is 0 Å². The highest BCUT2D eigenvalue weighted by Gasteiger charge is 2.27. The van der Waals surface area contributed by atoms with Gasteiger partial charge in [-0.2, -0.15) is 0 Å². The van der Waals surface area contributed by atoms with E-state index in [1.54, 1.807) is 11.0 Å². The Morgan fingerprint density at radius 2 is 2.20 bits per heavy atom. The van der Waals surface area contributed by atoms with Crippen molar-refractivity contribution in [3.8, 4) is 12.3 Å². The van der Waals surface area contributed by atoms with Crippen LogP contribution in [0.25, 0.3) is 0 Å². The maximum absolute atomic E-state index is 12.4. The minimum absolute atomic E-state index is 0.116. The van der Waals surface area contributed by atoms with Crippen molar-refractivity contribution in [3.63, 3.8) is 0 Å². The molecule has 0 N–H and O–H groups in total. The molecule has 0 radical (unpaired) electrons. The fraction of sp³-hybridized carbons (Fsp3) is 0.357. The normalized spacial score (nSPS) is 13.6. The number of rotatable bonds is 5. The van der Waals surface area contributed by atoms with Gasteiger partial charge in [0.25, 0.3) is 11.6 Å². The van der Waals surface area contributed by atoms with Crippen molar-refractivity contribution in [2.75, 3.05) is 13.1 Å². The Balaban J connectivity index is 2.25. The molecule has 0 unspecified atom stereocenters. The molecule has 1 saturated carbocycles. The number of hydrogen-bond acceptors (Lipinski definition) is 3. The Labute approximate surface area is 125 Å². The fourth-order valence-corrected chi connectivity index (χ4v) is 2.41. The third-order valence-electron chi connectivity index (χ3n) is 3.09. The molecule has 20 heavy (non-hydrogen) atoms. The maximum atomic E-state index is 12.4. The van der Waals surface area contributed by atoms with Crippen molar-refractivity contribution >= 4 is 27.5 Å². The van der Waals surface area contributed by atoms with Crippen LogP contribution in [0.15, 0.2) is 22.7 Å². The van der Waals surface area contributed by atoms with E-state index >= 15 is 0 Å². The first-order valence-electron chi connectivity index (χ1n) is 6.19. The van der Waals surface area contributed by atoms with Crippen LogP contribution in [0.1, 0.15) is 23.2 Å². The Bertz CT molecular complexity index is 591. The summed E-state index contributed by atoms with van der Waals surface area (Å²) in [6.45, 7) is 0.832. The molecule has 1 aromatic rings. The molecule has 104 valence electrons. The molecule has 0 bridgehead atoms. The van der Waals surface area contributed by atoms with Gasteiger partial charge in [-0.3, -0.25) is 14.9 Å². The van der Waals surface area contributed by atoms with E-state index in [0.29, 0.717) is 16.9 Å². The Morgan fingerprint density at radius 3 is 2.75 bits per heavy atom. The molecule has 1 aliphatic carbocycles. The lowest BCUT2D eigenvalue weighted by Crippen LogP contribution is -2.33. The molecule has 0 saturated heterocycles. The summed E-state index contributed by atoms with van der Waals surface area (Å²) >= 11 is 3.19. The first-order chi connectivity index (χ1) is 9.51. The van der Waals surface area contributed by atoms with Crippen LogP contribution >= 0.6 is 15.9 Å². The van der Waals surface area contributed by atoms with Gasteiger partial charge < -0.3 is 4.90 Å². The van der Waals surface area contributed by atoms with E-state index in [4.69, 9.17) is 6.42 Å². The Kier molecular flexibility index (Phi) is 4.40. The average molecular weight is 337 g/mol. The minimum Gasteiger partial charge on any atom is -0.327 e. The lowest BCUT2D eigenvalue weighted by Gasteiger charge is -2.20. The summed E-state index contributed by atoms with van der Waals surface area (Å²) < 4.78 is 0.502. The molecule has 1 amide bonds. The van der Waals surface area contributed by atoms with Crippen LogP contribution in [0.2, 0.25) is 0 Å². The molecule has 0 spiro atoms. The van der Waals surface area contributed by atoms with Crippen LogP contribution in [0.4, 0.5) is 5.69 Å². The second kappa shape index (κ2) is 6.06. The number of carbonyl (C=O) groups is 1. The van der Waals surface area contributed by atoms with Crippen LogP contribution in [0, 0.1) is 28.4 Å². The Morgan fingerprint density at radius 1 is 1.50 bits per heavy atom. The lowest BCUT2D eigenvalue weighted by molar-refractivity contribution is -0.385. The van der Waals surface area contributed by atoms with Crippen molar-refractivity contribution in [3.05, 3.63) is 38.3 Å².